The largest absolute Gasteiger partial charge is 0.496 e. The van der Waals surface area contributed by atoms with Crippen molar-refractivity contribution in [3.8, 4) is 34.0 Å². The third-order valence-electron chi connectivity index (χ3n) is 5.19. The van der Waals surface area contributed by atoms with E-state index in [4.69, 9.17) is 9.47 Å². The van der Waals surface area contributed by atoms with E-state index in [0.717, 1.165) is 39.2 Å². The van der Waals surface area contributed by atoms with Crippen LogP contribution < -0.4 is 9.47 Å². The van der Waals surface area contributed by atoms with Gasteiger partial charge in [0.05, 0.1) is 18.8 Å². The molecule has 0 bridgehead atoms. The lowest BCUT2D eigenvalue weighted by atomic mass is 10.1. The van der Waals surface area contributed by atoms with Gasteiger partial charge in [0.15, 0.2) is 11.0 Å². The number of aliphatic hydroxyl groups is 1. The molecule has 1 N–H and O–H groups in total. The minimum Gasteiger partial charge on any atom is -0.496 e. The average molecular weight is 462 g/mol. The maximum atomic E-state index is 10.5. The van der Waals surface area contributed by atoms with Crippen LogP contribution in [0.3, 0.4) is 0 Å². The first-order valence-corrected chi connectivity index (χ1v) is 11.8. The van der Waals surface area contributed by atoms with E-state index in [1.165, 1.54) is 11.8 Å². The predicted molar refractivity (Wildman–Crippen MR) is 132 cm³/mol. The number of aromatic nitrogens is 3. The monoisotopic (exact) mass is 461 g/mol. The van der Waals surface area contributed by atoms with Crippen molar-refractivity contribution in [2.75, 3.05) is 19.5 Å². The standard InChI is InChI=1S/C26H27N3O3S/c1-3-29-25(23-11-7-8-12-24(23)31-2)27-28-26(29)33-18-21(30)17-32-22-15-13-20(14-16-22)19-9-5-4-6-10-19/h4-16,21,30H,3,17-18H2,1-2H3. The Morgan fingerprint density at radius 1 is 0.909 bits per heavy atom. The molecule has 1 atom stereocenters. The van der Waals surface area contributed by atoms with Crippen LogP contribution >= 0.6 is 11.8 Å². The minimum atomic E-state index is -0.638. The molecule has 0 saturated heterocycles. The summed E-state index contributed by atoms with van der Waals surface area (Å²) >= 11 is 1.46. The van der Waals surface area contributed by atoms with E-state index in [2.05, 4.69) is 22.3 Å². The van der Waals surface area contributed by atoms with Crippen molar-refractivity contribution in [2.24, 2.45) is 0 Å². The van der Waals surface area contributed by atoms with Crippen molar-refractivity contribution in [3.05, 3.63) is 78.9 Å². The molecule has 170 valence electrons. The number of ether oxygens (including phenoxy) is 2. The van der Waals surface area contributed by atoms with Crippen molar-refractivity contribution in [1.29, 1.82) is 0 Å². The van der Waals surface area contributed by atoms with Crippen LogP contribution in [0.1, 0.15) is 6.92 Å². The summed E-state index contributed by atoms with van der Waals surface area (Å²) in [5.41, 5.74) is 3.18. The summed E-state index contributed by atoms with van der Waals surface area (Å²) in [7, 11) is 1.65. The van der Waals surface area contributed by atoms with Gasteiger partial charge >= 0.3 is 0 Å². The lowest BCUT2D eigenvalue weighted by molar-refractivity contribution is 0.126. The van der Waals surface area contributed by atoms with Gasteiger partial charge in [-0.25, -0.2) is 0 Å². The van der Waals surface area contributed by atoms with Crippen LogP contribution in [0.15, 0.2) is 84.0 Å². The van der Waals surface area contributed by atoms with E-state index in [0.29, 0.717) is 12.3 Å². The number of methoxy groups -OCH3 is 1. The van der Waals surface area contributed by atoms with Crippen LogP contribution in [0.2, 0.25) is 0 Å². The molecule has 1 aromatic heterocycles. The second-order valence-corrected chi connectivity index (χ2v) is 8.40. The van der Waals surface area contributed by atoms with Crippen molar-refractivity contribution in [3.63, 3.8) is 0 Å². The summed E-state index contributed by atoms with van der Waals surface area (Å²) < 4.78 is 13.3. The van der Waals surface area contributed by atoms with Crippen LogP contribution in [0.25, 0.3) is 22.5 Å². The van der Waals surface area contributed by atoms with E-state index in [1.54, 1.807) is 7.11 Å². The molecular formula is C26H27N3O3S. The molecule has 0 aliphatic heterocycles. The van der Waals surface area contributed by atoms with Crippen LogP contribution in [-0.2, 0) is 6.54 Å². The smallest absolute Gasteiger partial charge is 0.191 e. The van der Waals surface area contributed by atoms with Crippen LogP contribution in [0, 0.1) is 0 Å². The summed E-state index contributed by atoms with van der Waals surface area (Å²) in [4.78, 5) is 0. The molecule has 7 heteroatoms. The molecule has 4 rings (SSSR count). The Labute approximate surface area is 198 Å². The topological polar surface area (TPSA) is 69.4 Å². The van der Waals surface area contributed by atoms with Gasteiger partial charge < -0.3 is 19.1 Å². The highest BCUT2D eigenvalue weighted by atomic mass is 32.2. The first kappa shape index (κ1) is 22.9. The molecule has 0 amide bonds. The van der Waals surface area contributed by atoms with Gasteiger partial charge in [-0.3, -0.25) is 0 Å². The zero-order valence-electron chi connectivity index (χ0n) is 18.7. The van der Waals surface area contributed by atoms with E-state index < -0.39 is 6.10 Å². The summed E-state index contributed by atoms with van der Waals surface area (Å²) in [6.45, 7) is 2.96. The Hall–Kier alpha value is -3.29. The molecule has 0 spiro atoms. The van der Waals surface area contributed by atoms with Crippen molar-refractivity contribution < 1.29 is 14.6 Å². The Morgan fingerprint density at radius 2 is 1.61 bits per heavy atom. The van der Waals surface area contributed by atoms with Crippen LogP contribution in [0.5, 0.6) is 11.5 Å². The van der Waals surface area contributed by atoms with E-state index >= 15 is 0 Å². The van der Waals surface area contributed by atoms with Crippen molar-refractivity contribution in [2.45, 2.75) is 24.7 Å². The number of hydrogen-bond acceptors (Lipinski definition) is 6. The first-order chi connectivity index (χ1) is 16.2. The lowest BCUT2D eigenvalue weighted by Crippen LogP contribution is -2.20. The van der Waals surface area contributed by atoms with E-state index in [-0.39, 0.29) is 6.61 Å². The van der Waals surface area contributed by atoms with Gasteiger partial charge in [-0.15, -0.1) is 10.2 Å². The molecule has 4 aromatic rings. The molecule has 1 unspecified atom stereocenters. The van der Waals surface area contributed by atoms with Crippen molar-refractivity contribution >= 4 is 11.8 Å². The third kappa shape index (κ3) is 5.56. The molecule has 1 heterocycles. The highest BCUT2D eigenvalue weighted by molar-refractivity contribution is 7.99. The second-order valence-electron chi connectivity index (χ2n) is 7.42. The lowest BCUT2D eigenvalue weighted by Gasteiger charge is -2.13. The zero-order valence-corrected chi connectivity index (χ0v) is 19.5. The van der Waals surface area contributed by atoms with Gasteiger partial charge in [0, 0.05) is 12.3 Å². The van der Waals surface area contributed by atoms with Gasteiger partial charge in [-0.05, 0) is 42.3 Å². The number of benzene rings is 3. The number of thioether (sulfide) groups is 1. The summed E-state index contributed by atoms with van der Waals surface area (Å²) in [6, 6.07) is 25.8. The molecule has 33 heavy (non-hydrogen) atoms. The maximum Gasteiger partial charge on any atom is 0.191 e. The van der Waals surface area contributed by atoms with E-state index in [1.807, 2.05) is 78.2 Å². The third-order valence-corrected chi connectivity index (χ3v) is 6.30. The number of aliphatic hydroxyl groups excluding tert-OH is 1. The summed E-state index contributed by atoms with van der Waals surface area (Å²) in [5, 5.41) is 19.9. The van der Waals surface area contributed by atoms with Gasteiger partial charge in [0.25, 0.3) is 0 Å². The van der Waals surface area contributed by atoms with Crippen LogP contribution in [-0.4, -0.2) is 45.4 Å². The molecule has 3 aromatic carbocycles. The number of nitrogens with zero attached hydrogens (tertiary/aromatic N) is 3. The fourth-order valence-corrected chi connectivity index (χ4v) is 4.40. The maximum absolute atomic E-state index is 10.5. The Bertz CT molecular complexity index is 1160. The zero-order chi connectivity index (χ0) is 23.0. The molecule has 0 aliphatic rings. The molecule has 6 nitrogen and oxygen atoms in total. The van der Waals surface area contributed by atoms with Gasteiger partial charge in [0.2, 0.25) is 0 Å². The fraction of sp³-hybridized carbons (Fsp3) is 0.231. The average Bonchev–Trinajstić information content (AvgIpc) is 3.29. The SMILES string of the molecule is CCn1c(SCC(O)COc2ccc(-c3ccccc3)cc2)nnc1-c1ccccc1OC. The highest BCUT2D eigenvalue weighted by Gasteiger charge is 2.17. The fourth-order valence-electron chi connectivity index (χ4n) is 3.49. The Morgan fingerprint density at radius 3 is 2.33 bits per heavy atom. The molecule has 0 aliphatic carbocycles. The minimum absolute atomic E-state index is 0.206. The van der Waals surface area contributed by atoms with Gasteiger partial charge in [-0.1, -0.05) is 66.4 Å². The first-order valence-electron chi connectivity index (χ1n) is 10.8. The summed E-state index contributed by atoms with van der Waals surface area (Å²) in [5.74, 6) is 2.69. The van der Waals surface area contributed by atoms with Crippen molar-refractivity contribution in [1.82, 2.24) is 14.8 Å². The summed E-state index contributed by atoms with van der Waals surface area (Å²) in [6.07, 6.45) is -0.638. The molecule has 0 saturated carbocycles. The van der Waals surface area contributed by atoms with Crippen LogP contribution in [0.4, 0.5) is 0 Å². The number of hydrogen-bond donors (Lipinski definition) is 1. The normalized spacial score (nSPS) is 11.8. The molecule has 0 fully saturated rings. The van der Waals surface area contributed by atoms with Gasteiger partial charge in [0.1, 0.15) is 18.1 Å². The van der Waals surface area contributed by atoms with E-state index in [9.17, 15) is 5.11 Å². The number of rotatable bonds is 10. The molecular weight excluding hydrogens is 434 g/mol. The van der Waals surface area contributed by atoms with Gasteiger partial charge in [-0.2, -0.15) is 0 Å². The quantitative estimate of drug-likeness (QED) is 0.329. The Kier molecular flexibility index (Phi) is 7.65. The predicted octanol–water partition coefficient (Wildman–Crippen LogP) is 5.17. The second kappa shape index (κ2) is 11.0. The number of para-hydroxylation sites is 1. The highest BCUT2D eigenvalue weighted by Crippen LogP contribution is 2.31. The molecule has 0 radical (unpaired) electrons. The Balaban J connectivity index is 1.34.